The summed E-state index contributed by atoms with van der Waals surface area (Å²) in [5, 5.41) is 1.23. The lowest BCUT2D eigenvalue weighted by Crippen LogP contribution is -1.96. The minimum Gasteiger partial charge on any atom is -0.282 e. The Morgan fingerprint density at radius 3 is 2.50 bits per heavy atom. The van der Waals surface area contributed by atoms with Gasteiger partial charge in [0.05, 0.1) is 5.37 Å². The zero-order valence-corrected chi connectivity index (χ0v) is 10.4. The maximum Gasteiger partial charge on any atom is 0.0954 e. The Balaban J connectivity index is 1.87. The molecule has 1 aliphatic rings. The summed E-state index contributed by atoms with van der Waals surface area (Å²) in [5.74, 6) is 0. The lowest BCUT2D eigenvalue weighted by atomic mass is 10.1. The van der Waals surface area contributed by atoms with Gasteiger partial charge < -0.3 is 0 Å². The molecule has 0 spiro atoms. The molecule has 2 atom stereocenters. The maximum absolute atomic E-state index is 4.49. The van der Waals surface area contributed by atoms with E-state index >= 15 is 0 Å². The molecule has 0 aromatic heterocycles. The third-order valence-electron chi connectivity index (χ3n) is 2.64. The van der Waals surface area contributed by atoms with Crippen LogP contribution in [0.4, 0.5) is 0 Å². The molecular weight excluding hydrogens is 190 g/mol. The zero-order chi connectivity index (χ0) is 10.2. The molecule has 0 saturated carbocycles. The predicted octanol–water partition coefficient (Wildman–Crippen LogP) is 4.27. The van der Waals surface area contributed by atoms with E-state index < -0.39 is 0 Å². The highest BCUT2D eigenvalue weighted by molar-refractivity contribution is 8.01. The van der Waals surface area contributed by atoms with E-state index in [1.807, 2.05) is 11.8 Å². The van der Waals surface area contributed by atoms with Crippen LogP contribution in [0.2, 0.25) is 0 Å². The van der Waals surface area contributed by atoms with E-state index in [1.165, 1.54) is 44.9 Å². The predicted molar refractivity (Wildman–Crippen MR) is 67.3 cm³/mol. The Bertz CT molecular complexity index is 168. The van der Waals surface area contributed by atoms with Crippen molar-refractivity contribution in [2.75, 3.05) is 0 Å². The minimum absolute atomic E-state index is 0.580. The molecule has 0 fully saturated rings. The highest BCUT2D eigenvalue weighted by Gasteiger charge is 2.15. The van der Waals surface area contributed by atoms with Gasteiger partial charge in [0.2, 0.25) is 0 Å². The summed E-state index contributed by atoms with van der Waals surface area (Å²) in [4.78, 5) is 4.49. The van der Waals surface area contributed by atoms with Crippen molar-refractivity contribution in [1.82, 2.24) is 0 Å². The first-order chi connectivity index (χ1) is 6.83. The lowest BCUT2D eigenvalue weighted by molar-refractivity contribution is 0.586. The standard InChI is InChI=1S/C12H23NS/c1-3-4-5-6-7-8-9-12-13-10-11(2)14-12/h10-12H,3-9H2,1-2H3. The summed E-state index contributed by atoms with van der Waals surface area (Å²) in [6, 6.07) is 0. The van der Waals surface area contributed by atoms with Crippen LogP contribution >= 0.6 is 11.8 Å². The Morgan fingerprint density at radius 1 is 1.14 bits per heavy atom. The number of rotatable bonds is 7. The first-order valence-electron chi connectivity index (χ1n) is 6.01. The minimum atomic E-state index is 0.580. The van der Waals surface area contributed by atoms with Crippen molar-refractivity contribution in [2.24, 2.45) is 4.99 Å². The number of thioether (sulfide) groups is 1. The van der Waals surface area contributed by atoms with E-state index in [2.05, 4.69) is 25.1 Å². The molecule has 1 nitrogen and oxygen atoms in total. The van der Waals surface area contributed by atoms with Crippen LogP contribution in [-0.2, 0) is 0 Å². The lowest BCUT2D eigenvalue weighted by Gasteiger charge is -2.06. The normalized spacial score (nSPS) is 25.9. The topological polar surface area (TPSA) is 12.4 Å². The van der Waals surface area contributed by atoms with Crippen LogP contribution in [0.3, 0.4) is 0 Å². The molecule has 1 heterocycles. The van der Waals surface area contributed by atoms with Gasteiger partial charge in [0, 0.05) is 11.5 Å². The van der Waals surface area contributed by atoms with Gasteiger partial charge in [0.15, 0.2) is 0 Å². The molecular formula is C12H23NS. The van der Waals surface area contributed by atoms with Crippen LogP contribution in [0.1, 0.15) is 58.8 Å². The van der Waals surface area contributed by atoms with Crippen molar-refractivity contribution in [1.29, 1.82) is 0 Å². The van der Waals surface area contributed by atoms with E-state index in [-0.39, 0.29) is 0 Å². The summed E-state index contributed by atoms with van der Waals surface area (Å²) < 4.78 is 0. The highest BCUT2D eigenvalue weighted by Crippen LogP contribution is 2.27. The van der Waals surface area contributed by atoms with E-state index in [1.54, 1.807) is 0 Å². The molecule has 2 heteroatoms. The van der Waals surface area contributed by atoms with Crippen LogP contribution in [0.5, 0.6) is 0 Å². The van der Waals surface area contributed by atoms with E-state index in [9.17, 15) is 0 Å². The third-order valence-corrected chi connectivity index (χ3v) is 3.86. The second kappa shape index (κ2) is 7.33. The SMILES string of the molecule is CCCCCCCCC1N=CC(C)S1. The van der Waals surface area contributed by atoms with E-state index in [0.29, 0.717) is 10.6 Å². The molecule has 2 unspecified atom stereocenters. The number of hydrogen-bond donors (Lipinski definition) is 0. The number of hydrogen-bond acceptors (Lipinski definition) is 2. The molecule has 0 aliphatic carbocycles. The molecule has 0 bridgehead atoms. The van der Waals surface area contributed by atoms with Gasteiger partial charge >= 0.3 is 0 Å². The van der Waals surface area contributed by atoms with Gasteiger partial charge in [0.1, 0.15) is 0 Å². The molecule has 0 saturated heterocycles. The Labute approximate surface area is 92.8 Å². The summed E-state index contributed by atoms with van der Waals surface area (Å²) in [6.07, 6.45) is 11.8. The number of aliphatic imine (C=N–C) groups is 1. The quantitative estimate of drug-likeness (QED) is 0.575. The first-order valence-corrected chi connectivity index (χ1v) is 6.96. The fraction of sp³-hybridized carbons (Fsp3) is 0.917. The summed E-state index contributed by atoms with van der Waals surface area (Å²) in [6.45, 7) is 4.50. The van der Waals surface area contributed by atoms with Gasteiger partial charge in [-0.3, -0.25) is 4.99 Å². The fourth-order valence-electron chi connectivity index (χ4n) is 1.78. The average Bonchev–Trinajstić information content (AvgIpc) is 2.58. The molecule has 0 N–H and O–H groups in total. The van der Waals surface area contributed by atoms with Crippen molar-refractivity contribution in [3.05, 3.63) is 0 Å². The van der Waals surface area contributed by atoms with Gasteiger partial charge in [0.25, 0.3) is 0 Å². The van der Waals surface area contributed by atoms with E-state index in [4.69, 9.17) is 0 Å². The van der Waals surface area contributed by atoms with Gasteiger partial charge in [-0.25, -0.2) is 0 Å². The van der Waals surface area contributed by atoms with Crippen LogP contribution in [0, 0.1) is 0 Å². The summed E-state index contributed by atoms with van der Waals surface area (Å²) >= 11 is 2.01. The van der Waals surface area contributed by atoms with Crippen molar-refractivity contribution < 1.29 is 0 Å². The maximum atomic E-state index is 4.49. The number of nitrogens with zero attached hydrogens (tertiary/aromatic N) is 1. The largest absolute Gasteiger partial charge is 0.282 e. The van der Waals surface area contributed by atoms with Crippen LogP contribution in [-0.4, -0.2) is 16.8 Å². The Hall–Kier alpha value is 0.0200. The molecule has 0 radical (unpaired) electrons. The van der Waals surface area contributed by atoms with Crippen LogP contribution in [0.15, 0.2) is 4.99 Å². The second-order valence-electron chi connectivity index (χ2n) is 4.15. The van der Waals surface area contributed by atoms with Gasteiger partial charge in [-0.05, 0) is 13.3 Å². The molecule has 0 amide bonds. The third kappa shape index (κ3) is 5.04. The second-order valence-corrected chi connectivity index (χ2v) is 5.71. The molecule has 0 aromatic carbocycles. The monoisotopic (exact) mass is 213 g/mol. The summed E-state index contributed by atoms with van der Waals surface area (Å²) in [5.41, 5.74) is 0. The molecule has 82 valence electrons. The van der Waals surface area contributed by atoms with E-state index in [0.717, 1.165) is 0 Å². The molecule has 0 aromatic rings. The van der Waals surface area contributed by atoms with Crippen molar-refractivity contribution in [2.45, 2.75) is 69.4 Å². The van der Waals surface area contributed by atoms with Crippen molar-refractivity contribution >= 4 is 18.0 Å². The fourth-order valence-corrected chi connectivity index (χ4v) is 2.86. The Kier molecular flexibility index (Phi) is 6.33. The van der Waals surface area contributed by atoms with Crippen molar-refractivity contribution in [3.63, 3.8) is 0 Å². The van der Waals surface area contributed by atoms with Gasteiger partial charge in [-0.15, -0.1) is 11.8 Å². The number of unbranched alkanes of at least 4 members (excludes halogenated alkanes) is 5. The zero-order valence-electron chi connectivity index (χ0n) is 9.54. The smallest absolute Gasteiger partial charge is 0.0954 e. The van der Waals surface area contributed by atoms with Crippen molar-refractivity contribution in [3.8, 4) is 0 Å². The average molecular weight is 213 g/mol. The molecule has 1 aliphatic heterocycles. The highest BCUT2D eigenvalue weighted by atomic mass is 32.2. The van der Waals surface area contributed by atoms with Crippen LogP contribution < -0.4 is 0 Å². The first kappa shape index (κ1) is 12.1. The molecule has 14 heavy (non-hydrogen) atoms. The van der Waals surface area contributed by atoms with Gasteiger partial charge in [-0.1, -0.05) is 45.4 Å². The van der Waals surface area contributed by atoms with Gasteiger partial charge in [-0.2, -0.15) is 0 Å². The summed E-state index contributed by atoms with van der Waals surface area (Å²) in [7, 11) is 0. The molecule has 1 rings (SSSR count). The Morgan fingerprint density at radius 2 is 1.86 bits per heavy atom. The van der Waals surface area contributed by atoms with Crippen LogP contribution in [0.25, 0.3) is 0 Å².